The molecule has 0 aromatic heterocycles. The van der Waals surface area contributed by atoms with Gasteiger partial charge in [-0.3, -0.25) is 19.3 Å². The summed E-state index contributed by atoms with van der Waals surface area (Å²) in [5.74, 6) is -1.60. The summed E-state index contributed by atoms with van der Waals surface area (Å²) in [4.78, 5) is 45.8. The van der Waals surface area contributed by atoms with E-state index in [2.05, 4.69) is 27.0 Å². The maximum Gasteiger partial charge on any atom is 0.335 e. The zero-order chi connectivity index (χ0) is 31.5. The number of amides is 3. The first-order chi connectivity index (χ1) is 19.5. The van der Waals surface area contributed by atoms with Gasteiger partial charge in [-0.25, -0.2) is 9.69 Å². The van der Waals surface area contributed by atoms with E-state index in [0.29, 0.717) is 12.8 Å². The number of carbonyl (C=O) groups is 4. The van der Waals surface area contributed by atoms with Crippen molar-refractivity contribution in [2.45, 2.75) is 162 Å². The third-order valence-corrected chi connectivity index (χ3v) is 7.11. The Bertz CT molecular complexity index is 718. The first kappa shape index (κ1) is 40.5. The number of hydrogen-bond donors (Lipinski definition) is 2. The van der Waals surface area contributed by atoms with Crippen molar-refractivity contribution in [1.29, 1.82) is 0 Å². The topological polar surface area (TPSA) is 115 Å². The normalized spacial score (nSPS) is 13.7. The number of imide groups is 1. The van der Waals surface area contributed by atoms with Gasteiger partial charge in [-0.05, 0) is 26.7 Å². The molecule has 0 aromatic carbocycles. The molecule has 0 saturated carbocycles. The number of nitrogens with zero attached hydrogens (tertiary/aromatic N) is 2. The van der Waals surface area contributed by atoms with E-state index in [-0.39, 0.29) is 5.91 Å². The number of hydrogen-bond acceptors (Lipinski definition) is 4. The van der Waals surface area contributed by atoms with Gasteiger partial charge in [0.1, 0.15) is 5.54 Å². The molecule has 1 heterocycles. The Morgan fingerprint density at radius 2 is 0.951 bits per heavy atom. The van der Waals surface area contributed by atoms with E-state index in [4.69, 9.17) is 10.2 Å². The first-order valence-electron chi connectivity index (χ1n) is 15.9. The molecular formula is C33H60N2O6. The lowest BCUT2D eigenvalue weighted by atomic mass is 10.1. The maximum atomic E-state index is 11.6. The van der Waals surface area contributed by atoms with Crippen LogP contribution in [0.2, 0.25) is 0 Å². The molecule has 2 N–H and O–H groups in total. The standard InChI is InChI=1S/2C12H24O2.C9H12N2O2/c2*1-2-3-4-5-6-7-8-9-10-11-12(13)14;1-5-10-7(12)9(3,4)11(6-2)8(10)13/h2*2-11H2,1H3,(H,13,14);5-6H,1-2H2,3-4H3. The van der Waals surface area contributed by atoms with Gasteiger partial charge in [0.05, 0.1) is 0 Å². The number of urea groups is 1. The van der Waals surface area contributed by atoms with E-state index in [1.807, 2.05) is 0 Å². The minimum atomic E-state index is -0.854. The van der Waals surface area contributed by atoms with Crippen molar-refractivity contribution < 1.29 is 29.4 Å². The van der Waals surface area contributed by atoms with Crippen LogP contribution in [0.25, 0.3) is 0 Å². The predicted octanol–water partition coefficient (Wildman–Crippen LogP) is 9.30. The highest BCUT2D eigenvalue weighted by Gasteiger charge is 2.49. The lowest BCUT2D eigenvalue weighted by molar-refractivity contribution is -0.138. The summed E-state index contributed by atoms with van der Waals surface area (Å²) in [5, 5.41) is 16.8. The highest BCUT2D eigenvalue weighted by atomic mass is 16.4. The molecular weight excluding hydrogens is 520 g/mol. The summed E-state index contributed by atoms with van der Waals surface area (Å²) in [7, 11) is 0. The van der Waals surface area contributed by atoms with Crippen LogP contribution >= 0.6 is 0 Å². The molecule has 1 aliphatic rings. The molecule has 1 rings (SSSR count). The van der Waals surface area contributed by atoms with E-state index in [0.717, 1.165) is 30.6 Å². The second-order valence-corrected chi connectivity index (χ2v) is 11.2. The SMILES string of the molecule is C=CN1C(=O)N(C=C)C(C)(C)C1=O.CCCCCCCCCCCC(=O)O.CCCCCCCCCCCC(=O)O. The largest absolute Gasteiger partial charge is 0.481 e. The molecule has 0 unspecified atom stereocenters. The lowest BCUT2D eigenvalue weighted by Gasteiger charge is -2.23. The monoisotopic (exact) mass is 580 g/mol. The Hall–Kier alpha value is -2.64. The van der Waals surface area contributed by atoms with Crippen LogP contribution in [0.1, 0.15) is 156 Å². The van der Waals surface area contributed by atoms with E-state index in [1.54, 1.807) is 13.8 Å². The maximum absolute atomic E-state index is 11.6. The second kappa shape index (κ2) is 26.3. The molecule has 0 aliphatic carbocycles. The van der Waals surface area contributed by atoms with Gasteiger partial charge >= 0.3 is 18.0 Å². The fourth-order valence-electron chi connectivity index (χ4n) is 4.48. The van der Waals surface area contributed by atoms with Crippen molar-refractivity contribution in [2.24, 2.45) is 0 Å². The quantitative estimate of drug-likeness (QED) is 0.0973. The van der Waals surface area contributed by atoms with Gasteiger partial charge in [0.15, 0.2) is 0 Å². The molecule has 41 heavy (non-hydrogen) atoms. The summed E-state index contributed by atoms with van der Waals surface area (Å²) in [6, 6.07) is -0.403. The van der Waals surface area contributed by atoms with E-state index >= 15 is 0 Å². The zero-order valence-corrected chi connectivity index (χ0v) is 26.6. The van der Waals surface area contributed by atoms with Crippen LogP contribution in [0.15, 0.2) is 25.6 Å². The van der Waals surface area contributed by atoms with Gasteiger partial charge in [-0.15, -0.1) is 0 Å². The summed E-state index contributed by atoms with van der Waals surface area (Å²) < 4.78 is 0. The molecule has 0 spiro atoms. The number of carbonyl (C=O) groups excluding carboxylic acids is 2. The zero-order valence-electron chi connectivity index (χ0n) is 26.6. The number of unbranched alkanes of at least 4 members (excludes halogenated alkanes) is 16. The van der Waals surface area contributed by atoms with Crippen molar-refractivity contribution >= 4 is 23.9 Å². The van der Waals surface area contributed by atoms with Crippen molar-refractivity contribution in [3.63, 3.8) is 0 Å². The highest BCUT2D eigenvalue weighted by Crippen LogP contribution is 2.27. The van der Waals surface area contributed by atoms with Gasteiger partial charge < -0.3 is 10.2 Å². The number of aliphatic carboxylic acids is 2. The average Bonchev–Trinajstić information content (AvgIpc) is 3.09. The molecule has 0 aromatic rings. The molecule has 0 bridgehead atoms. The summed E-state index contributed by atoms with van der Waals surface area (Å²) >= 11 is 0. The van der Waals surface area contributed by atoms with Crippen LogP contribution in [0.4, 0.5) is 4.79 Å². The molecule has 3 amide bonds. The van der Waals surface area contributed by atoms with Crippen molar-refractivity contribution in [2.75, 3.05) is 0 Å². The van der Waals surface area contributed by atoms with Crippen LogP contribution in [0.5, 0.6) is 0 Å². The van der Waals surface area contributed by atoms with Crippen molar-refractivity contribution in [3.05, 3.63) is 25.6 Å². The number of rotatable bonds is 22. The van der Waals surface area contributed by atoms with Gasteiger partial charge in [-0.1, -0.05) is 130 Å². The average molecular weight is 581 g/mol. The molecule has 1 aliphatic heterocycles. The van der Waals surface area contributed by atoms with E-state index in [1.165, 1.54) is 107 Å². The van der Waals surface area contributed by atoms with E-state index < -0.39 is 23.5 Å². The number of carboxylic acids is 2. The van der Waals surface area contributed by atoms with Gasteiger partial charge in [0, 0.05) is 25.2 Å². The van der Waals surface area contributed by atoms with Crippen molar-refractivity contribution in [1.82, 2.24) is 9.80 Å². The van der Waals surface area contributed by atoms with Crippen LogP contribution < -0.4 is 0 Å². The van der Waals surface area contributed by atoms with Crippen LogP contribution in [0, 0.1) is 0 Å². The molecule has 1 fully saturated rings. The van der Waals surface area contributed by atoms with Gasteiger partial charge in [0.2, 0.25) is 0 Å². The Balaban J connectivity index is 0. The summed E-state index contributed by atoms with van der Waals surface area (Å²) in [6.45, 7) is 14.7. The predicted molar refractivity (Wildman–Crippen MR) is 168 cm³/mol. The Morgan fingerprint density at radius 1 is 0.634 bits per heavy atom. The van der Waals surface area contributed by atoms with Crippen LogP contribution in [-0.2, 0) is 14.4 Å². The molecule has 238 valence electrons. The summed E-state index contributed by atoms with van der Waals surface area (Å²) in [5.41, 5.74) is -0.854. The molecule has 0 radical (unpaired) electrons. The molecule has 0 atom stereocenters. The lowest BCUT2D eigenvalue weighted by Crippen LogP contribution is -2.40. The Kier molecular flexibility index (Phi) is 25.9. The molecule has 1 saturated heterocycles. The number of carboxylic acid groups (broad SMARTS) is 2. The van der Waals surface area contributed by atoms with Gasteiger partial charge in [-0.2, -0.15) is 0 Å². The Labute approximate surface area is 250 Å². The third kappa shape index (κ3) is 20.8. The first-order valence-corrected chi connectivity index (χ1v) is 15.9. The molecule has 8 heteroatoms. The fourth-order valence-corrected chi connectivity index (χ4v) is 4.48. The minimum absolute atomic E-state index is 0.285. The minimum Gasteiger partial charge on any atom is -0.481 e. The molecule has 8 nitrogen and oxygen atoms in total. The highest BCUT2D eigenvalue weighted by molar-refractivity contribution is 6.07. The van der Waals surface area contributed by atoms with Crippen LogP contribution in [-0.4, -0.2) is 49.4 Å². The summed E-state index contributed by atoms with van der Waals surface area (Å²) in [6.07, 6.45) is 25.5. The van der Waals surface area contributed by atoms with Crippen LogP contribution in [0.3, 0.4) is 0 Å². The third-order valence-electron chi connectivity index (χ3n) is 7.11. The fraction of sp³-hybridized carbons (Fsp3) is 0.758. The van der Waals surface area contributed by atoms with Crippen molar-refractivity contribution in [3.8, 4) is 0 Å². The smallest absolute Gasteiger partial charge is 0.335 e. The van der Waals surface area contributed by atoms with Gasteiger partial charge in [0.25, 0.3) is 5.91 Å². The Morgan fingerprint density at radius 3 is 1.17 bits per heavy atom. The van der Waals surface area contributed by atoms with E-state index in [9.17, 15) is 19.2 Å². The second-order valence-electron chi connectivity index (χ2n) is 11.2.